The normalized spacial score (nSPS) is 15.0. The Kier molecular flexibility index (Phi) is 6.53. The average molecular weight is 442 g/mol. The van der Waals surface area contributed by atoms with Crippen LogP contribution in [0.15, 0.2) is 47.4 Å². The van der Waals surface area contributed by atoms with E-state index in [0.29, 0.717) is 9.23 Å². The molecule has 0 unspecified atom stereocenters. The third-order valence-electron chi connectivity index (χ3n) is 4.31. The molecule has 0 aromatic heterocycles. The van der Waals surface area contributed by atoms with Gasteiger partial charge < -0.3 is 15.5 Å². The van der Waals surface area contributed by atoms with Crippen LogP contribution in [0.2, 0.25) is 0 Å². The summed E-state index contributed by atoms with van der Waals surface area (Å²) in [5.74, 6) is -2.70. The number of carbonyl (C=O) groups is 3. The van der Waals surface area contributed by atoms with Crippen molar-refractivity contribution in [3.8, 4) is 5.75 Å². The van der Waals surface area contributed by atoms with Crippen molar-refractivity contribution in [2.24, 2.45) is 0 Å². The van der Waals surface area contributed by atoms with E-state index in [1.165, 1.54) is 22.7 Å². The molecule has 1 aliphatic rings. The second kappa shape index (κ2) is 9.10. The zero-order valence-electron chi connectivity index (χ0n) is 15.9. The summed E-state index contributed by atoms with van der Waals surface area (Å²) in [7, 11) is 0. The Bertz CT molecular complexity index is 1060. The van der Waals surface area contributed by atoms with Gasteiger partial charge in [-0.1, -0.05) is 59.6 Å². The monoisotopic (exact) mass is 441 g/mol. The first-order valence-electron chi connectivity index (χ1n) is 8.91. The van der Waals surface area contributed by atoms with Crippen LogP contribution in [-0.2, 0) is 9.59 Å². The Labute approximate surface area is 182 Å². The number of anilines is 1. The van der Waals surface area contributed by atoms with Crippen molar-refractivity contribution in [1.82, 2.24) is 4.90 Å². The summed E-state index contributed by atoms with van der Waals surface area (Å²) < 4.78 is 0.374. The number of aromatic carboxylic acids is 1. The molecule has 7 nitrogen and oxygen atoms in total. The standard InChI is InChI=1S/C21H18N2O5S2/c1-12-2-4-13(5-3-12)10-17-19(26)23(21(29)30-17)9-8-18(25)22-14-6-7-15(20(27)28)16(24)11-14/h2-7,10-11,24H,8-9H2,1H3,(H,22,25)(H,27,28)/p-1/b17-10+. The van der Waals surface area contributed by atoms with Gasteiger partial charge in [0.2, 0.25) is 5.91 Å². The molecule has 1 fully saturated rings. The van der Waals surface area contributed by atoms with Crippen LogP contribution in [-0.4, -0.2) is 38.7 Å². The van der Waals surface area contributed by atoms with Crippen molar-refractivity contribution in [2.45, 2.75) is 13.3 Å². The number of nitrogens with one attached hydrogen (secondary N) is 1. The van der Waals surface area contributed by atoms with Crippen LogP contribution >= 0.6 is 24.0 Å². The lowest BCUT2D eigenvalue weighted by Gasteiger charge is -2.15. The number of thiocarbonyl (C=S) groups is 1. The van der Waals surface area contributed by atoms with Crippen molar-refractivity contribution in [2.75, 3.05) is 11.9 Å². The number of hydrogen-bond acceptors (Lipinski definition) is 6. The van der Waals surface area contributed by atoms with Crippen molar-refractivity contribution >= 4 is 57.8 Å². The Morgan fingerprint density at radius 1 is 1.23 bits per heavy atom. The number of aryl methyl sites for hydroxylation is 1. The summed E-state index contributed by atoms with van der Waals surface area (Å²) in [6.07, 6.45) is 1.73. The number of amides is 2. The molecular formula is C21H17N2O5S2-. The van der Waals surface area contributed by atoms with E-state index in [0.717, 1.165) is 23.3 Å². The Morgan fingerprint density at radius 3 is 2.57 bits per heavy atom. The van der Waals surface area contributed by atoms with Gasteiger partial charge in [0.1, 0.15) is 4.32 Å². The first-order valence-corrected chi connectivity index (χ1v) is 10.1. The molecule has 9 heteroatoms. The molecule has 2 aromatic carbocycles. The summed E-state index contributed by atoms with van der Waals surface area (Å²) in [5, 5.41) is 23.1. The molecular weight excluding hydrogens is 424 g/mol. The predicted octanol–water partition coefficient (Wildman–Crippen LogP) is 3.00. The fourth-order valence-electron chi connectivity index (χ4n) is 2.72. The van der Waals surface area contributed by atoms with E-state index >= 15 is 0 Å². The molecule has 0 bridgehead atoms. The number of hydrogen-bond donors (Lipinski definition) is 2. The van der Waals surface area contributed by atoms with Gasteiger partial charge in [-0.3, -0.25) is 14.5 Å². The minimum Gasteiger partial charge on any atom is -0.872 e. The van der Waals surface area contributed by atoms with Crippen LogP contribution < -0.4 is 10.4 Å². The van der Waals surface area contributed by atoms with Crippen molar-refractivity contribution < 1.29 is 24.6 Å². The summed E-state index contributed by atoms with van der Waals surface area (Å²) in [6.45, 7) is 2.08. The topological polar surface area (TPSA) is 110 Å². The van der Waals surface area contributed by atoms with Crippen LogP contribution in [0.5, 0.6) is 5.75 Å². The fourth-order valence-corrected chi connectivity index (χ4v) is 4.03. The van der Waals surface area contributed by atoms with Gasteiger partial charge in [-0.2, -0.15) is 0 Å². The van der Waals surface area contributed by atoms with Crippen LogP contribution in [0.3, 0.4) is 0 Å². The van der Waals surface area contributed by atoms with Crippen LogP contribution in [0.4, 0.5) is 5.69 Å². The predicted molar refractivity (Wildman–Crippen MR) is 117 cm³/mol. The third kappa shape index (κ3) is 5.05. The molecule has 1 saturated heterocycles. The highest BCUT2D eigenvalue weighted by Crippen LogP contribution is 2.32. The summed E-state index contributed by atoms with van der Waals surface area (Å²) in [6, 6.07) is 11.3. The highest BCUT2D eigenvalue weighted by Gasteiger charge is 2.32. The van der Waals surface area contributed by atoms with Gasteiger partial charge in [0, 0.05) is 18.7 Å². The average Bonchev–Trinajstić information content (AvgIpc) is 2.94. The molecule has 0 saturated carbocycles. The van der Waals surface area contributed by atoms with Crippen LogP contribution in [0.25, 0.3) is 6.08 Å². The second-order valence-electron chi connectivity index (χ2n) is 6.56. The van der Waals surface area contributed by atoms with E-state index in [4.69, 9.17) is 17.3 Å². The minimum absolute atomic E-state index is 0.0286. The number of carboxylic acids is 1. The molecule has 0 atom stereocenters. The molecule has 2 amide bonds. The van der Waals surface area contributed by atoms with E-state index < -0.39 is 17.6 Å². The maximum absolute atomic E-state index is 12.6. The Hall–Kier alpha value is -3.17. The first kappa shape index (κ1) is 21.5. The quantitative estimate of drug-likeness (QED) is 0.524. The molecule has 30 heavy (non-hydrogen) atoms. The number of benzene rings is 2. The van der Waals surface area contributed by atoms with Gasteiger partial charge in [0.05, 0.1) is 10.5 Å². The molecule has 154 valence electrons. The third-order valence-corrected chi connectivity index (χ3v) is 5.68. The van der Waals surface area contributed by atoms with Gasteiger partial charge in [0.25, 0.3) is 5.91 Å². The van der Waals surface area contributed by atoms with E-state index in [-0.39, 0.29) is 30.1 Å². The summed E-state index contributed by atoms with van der Waals surface area (Å²) in [5.41, 5.74) is 1.83. The van der Waals surface area contributed by atoms with Crippen LogP contribution in [0, 0.1) is 6.92 Å². The Balaban J connectivity index is 1.60. The lowest BCUT2D eigenvalue weighted by molar-refractivity contribution is -0.268. The zero-order valence-corrected chi connectivity index (χ0v) is 17.5. The van der Waals surface area contributed by atoms with Crippen molar-refractivity contribution in [1.29, 1.82) is 0 Å². The number of rotatable bonds is 6. The molecule has 1 aliphatic heterocycles. The number of thioether (sulfide) groups is 1. The summed E-state index contributed by atoms with van der Waals surface area (Å²) in [4.78, 5) is 37.5. The van der Waals surface area contributed by atoms with Crippen LogP contribution in [0.1, 0.15) is 27.9 Å². The molecule has 0 spiro atoms. The maximum Gasteiger partial charge on any atom is 0.335 e. The van der Waals surface area contributed by atoms with E-state index in [9.17, 15) is 19.5 Å². The van der Waals surface area contributed by atoms with Gasteiger partial charge >= 0.3 is 5.97 Å². The lowest BCUT2D eigenvalue weighted by atomic mass is 10.1. The SMILES string of the molecule is Cc1ccc(/C=C2/SC(=S)N(CCC(=O)Nc3ccc(C(=O)O)c([O-])c3)C2=O)cc1. The highest BCUT2D eigenvalue weighted by molar-refractivity contribution is 8.26. The molecule has 1 heterocycles. The van der Waals surface area contributed by atoms with E-state index in [1.807, 2.05) is 31.2 Å². The fraction of sp³-hybridized carbons (Fsp3) is 0.143. The number of nitrogens with zero attached hydrogens (tertiary/aromatic N) is 1. The van der Waals surface area contributed by atoms with Crippen molar-refractivity contribution in [3.05, 3.63) is 64.1 Å². The van der Waals surface area contributed by atoms with E-state index in [1.54, 1.807) is 6.08 Å². The van der Waals surface area contributed by atoms with Gasteiger partial charge in [-0.15, -0.1) is 0 Å². The van der Waals surface area contributed by atoms with Gasteiger partial charge in [0.15, 0.2) is 0 Å². The zero-order chi connectivity index (χ0) is 21.8. The van der Waals surface area contributed by atoms with Gasteiger partial charge in [-0.05, 0) is 36.8 Å². The maximum atomic E-state index is 12.6. The van der Waals surface area contributed by atoms with E-state index in [2.05, 4.69) is 5.32 Å². The smallest absolute Gasteiger partial charge is 0.335 e. The summed E-state index contributed by atoms with van der Waals surface area (Å²) >= 11 is 6.45. The molecule has 3 rings (SSSR count). The number of carboxylic acid groups (broad SMARTS) is 1. The first-order chi connectivity index (χ1) is 14.2. The lowest BCUT2D eigenvalue weighted by Crippen LogP contribution is -2.31. The molecule has 0 aliphatic carbocycles. The molecule has 2 N–H and O–H groups in total. The van der Waals surface area contributed by atoms with Gasteiger partial charge in [-0.25, -0.2) is 4.79 Å². The largest absolute Gasteiger partial charge is 0.872 e. The minimum atomic E-state index is -1.33. The highest BCUT2D eigenvalue weighted by atomic mass is 32.2. The van der Waals surface area contributed by atoms with Crippen molar-refractivity contribution in [3.63, 3.8) is 0 Å². The second-order valence-corrected chi connectivity index (χ2v) is 8.23. The molecule has 2 aromatic rings. The Morgan fingerprint density at radius 2 is 1.93 bits per heavy atom. The number of carbonyl (C=O) groups excluding carboxylic acids is 2. The molecule has 0 radical (unpaired) electrons.